The van der Waals surface area contributed by atoms with Crippen molar-refractivity contribution < 1.29 is 0 Å². The minimum absolute atomic E-state index is 0.486. The fourth-order valence-electron chi connectivity index (χ4n) is 1.36. The van der Waals surface area contributed by atoms with Crippen molar-refractivity contribution in [3.63, 3.8) is 0 Å². The Kier molecular flexibility index (Phi) is 10.0. The van der Waals surface area contributed by atoms with Gasteiger partial charge in [-0.3, -0.25) is 4.99 Å². The first-order valence-electron chi connectivity index (χ1n) is 5.99. The zero-order chi connectivity index (χ0) is 10.6. The van der Waals surface area contributed by atoms with Crippen LogP contribution in [0.3, 0.4) is 0 Å². The van der Waals surface area contributed by atoms with Crippen molar-refractivity contribution in [3.05, 3.63) is 12.2 Å². The summed E-state index contributed by atoms with van der Waals surface area (Å²) >= 11 is 0. The lowest BCUT2D eigenvalue weighted by Crippen LogP contribution is -1.95. The predicted octanol–water partition coefficient (Wildman–Crippen LogP) is 4.38. The summed E-state index contributed by atoms with van der Waals surface area (Å²) in [4.78, 5) is 4.42. The Hall–Kier alpha value is -0.590. The van der Waals surface area contributed by atoms with Crippen LogP contribution in [0.2, 0.25) is 0 Å². The van der Waals surface area contributed by atoms with Gasteiger partial charge in [0, 0.05) is 12.3 Å². The van der Waals surface area contributed by atoms with Gasteiger partial charge in [-0.15, -0.1) is 0 Å². The van der Waals surface area contributed by atoms with E-state index in [1.807, 2.05) is 6.21 Å². The number of allylic oxidation sites excluding steroid dienone is 2. The molecular weight excluding hydrogens is 170 g/mol. The standard InChI is InChI=1S/C13H25N/c1-4-6-7-8-9-10-12-14-13(3)11-5-2/h9-10,12-13H,4-8,11H2,1-3H3/b10-9-,14-12?. The minimum atomic E-state index is 0.486. The zero-order valence-electron chi connectivity index (χ0n) is 10.00. The summed E-state index contributed by atoms with van der Waals surface area (Å²) < 4.78 is 0. The number of aliphatic imine (C=N–C) groups is 1. The summed E-state index contributed by atoms with van der Waals surface area (Å²) in [5, 5.41) is 0. The summed E-state index contributed by atoms with van der Waals surface area (Å²) in [5.41, 5.74) is 0. The first-order valence-corrected chi connectivity index (χ1v) is 5.99. The average Bonchev–Trinajstić information content (AvgIpc) is 2.17. The van der Waals surface area contributed by atoms with Gasteiger partial charge in [0.05, 0.1) is 0 Å². The van der Waals surface area contributed by atoms with Crippen LogP contribution in [0.1, 0.15) is 59.3 Å². The van der Waals surface area contributed by atoms with Crippen molar-refractivity contribution in [1.29, 1.82) is 0 Å². The van der Waals surface area contributed by atoms with Crippen molar-refractivity contribution in [1.82, 2.24) is 0 Å². The molecule has 0 aromatic heterocycles. The average molecular weight is 195 g/mol. The van der Waals surface area contributed by atoms with E-state index in [2.05, 4.69) is 37.9 Å². The monoisotopic (exact) mass is 195 g/mol. The van der Waals surface area contributed by atoms with Gasteiger partial charge < -0.3 is 0 Å². The maximum absolute atomic E-state index is 4.42. The third-order valence-corrected chi connectivity index (χ3v) is 2.24. The van der Waals surface area contributed by atoms with Gasteiger partial charge in [-0.2, -0.15) is 0 Å². The quantitative estimate of drug-likeness (QED) is 0.402. The molecule has 0 amide bonds. The van der Waals surface area contributed by atoms with Gasteiger partial charge in [-0.25, -0.2) is 0 Å². The minimum Gasteiger partial charge on any atom is -0.290 e. The van der Waals surface area contributed by atoms with Crippen molar-refractivity contribution in [2.45, 2.75) is 65.3 Å². The summed E-state index contributed by atoms with van der Waals surface area (Å²) in [6, 6.07) is 0.486. The Balaban J connectivity index is 3.40. The van der Waals surface area contributed by atoms with Crippen LogP contribution in [0.5, 0.6) is 0 Å². The first-order chi connectivity index (χ1) is 6.81. The summed E-state index contributed by atoms with van der Waals surface area (Å²) in [6.45, 7) is 6.61. The zero-order valence-corrected chi connectivity index (χ0v) is 10.00. The van der Waals surface area contributed by atoms with Crippen LogP contribution in [0, 0.1) is 0 Å². The highest BCUT2D eigenvalue weighted by atomic mass is 14.7. The number of hydrogen-bond acceptors (Lipinski definition) is 1. The molecule has 0 bridgehead atoms. The highest BCUT2D eigenvalue weighted by molar-refractivity contribution is 5.71. The maximum atomic E-state index is 4.42. The predicted molar refractivity (Wildman–Crippen MR) is 66.1 cm³/mol. The van der Waals surface area contributed by atoms with Crippen molar-refractivity contribution in [3.8, 4) is 0 Å². The number of unbranched alkanes of at least 4 members (excludes halogenated alkanes) is 3. The molecule has 0 aliphatic heterocycles. The molecule has 0 radical (unpaired) electrons. The van der Waals surface area contributed by atoms with E-state index >= 15 is 0 Å². The molecule has 0 heterocycles. The van der Waals surface area contributed by atoms with Gasteiger partial charge in [-0.1, -0.05) is 39.2 Å². The Morgan fingerprint density at radius 1 is 1.14 bits per heavy atom. The lowest BCUT2D eigenvalue weighted by molar-refractivity contribution is 0.657. The number of nitrogens with zero attached hydrogens (tertiary/aromatic N) is 1. The van der Waals surface area contributed by atoms with E-state index < -0.39 is 0 Å². The molecule has 0 fully saturated rings. The topological polar surface area (TPSA) is 12.4 Å². The second-order valence-corrected chi connectivity index (χ2v) is 3.86. The highest BCUT2D eigenvalue weighted by Crippen LogP contribution is 2.00. The molecule has 0 N–H and O–H groups in total. The summed E-state index contributed by atoms with van der Waals surface area (Å²) in [7, 11) is 0. The van der Waals surface area contributed by atoms with E-state index in [0.29, 0.717) is 6.04 Å². The fourth-order valence-corrected chi connectivity index (χ4v) is 1.36. The van der Waals surface area contributed by atoms with Crippen molar-refractivity contribution in [2.24, 2.45) is 4.99 Å². The summed E-state index contributed by atoms with van der Waals surface area (Å²) in [6.07, 6.45) is 13.8. The highest BCUT2D eigenvalue weighted by Gasteiger charge is 1.92. The lowest BCUT2D eigenvalue weighted by Gasteiger charge is -2.00. The first kappa shape index (κ1) is 13.4. The van der Waals surface area contributed by atoms with Gasteiger partial charge in [0.2, 0.25) is 0 Å². The Morgan fingerprint density at radius 3 is 2.57 bits per heavy atom. The Morgan fingerprint density at radius 2 is 1.93 bits per heavy atom. The normalized spacial score (nSPS) is 14.2. The van der Waals surface area contributed by atoms with Crippen molar-refractivity contribution in [2.75, 3.05) is 0 Å². The molecule has 14 heavy (non-hydrogen) atoms. The molecule has 0 rings (SSSR count). The SMILES string of the molecule is CCCCC/C=C\C=NC(C)CCC. The van der Waals surface area contributed by atoms with Crippen LogP contribution in [-0.4, -0.2) is 12.3 Å². The van der Waals surface area contributed by atoms with Crippen molar-refractivity contribution >= 4 is 6.21 Å². The van der Waals surface area contributed by atoms with E-state index in [4.69, 9.17) is 0 Å². The van der Waals surface area contributed by atoms with Crippen LogP contribution in [-0.2, 0) is 0 Å². The molecule has 0 saturated heterocycles. The van der Waals surface area contributed by atoms with Crippen LogP contribution in [0.4, 0.5) is 0 Å². The van der Waals surface area contributed by atoms with Gasteiger partial charge in [-0.05, 0) is 32.3 Å². The molecule has 1 atom stereocenters. The van der Waals surface area contributed by atoms with Crippen LogP contribution >= 0.6 is 0 Å². The molecular formula is C13H25N. The molecule has 82 valence electrons. The lowest BCUT2D eigenvalue weighted by atomic mass is 10.2. The molecule has 0 spiro atoms. The fraction of sp³-hybridized carbons (Fsp3) is 0.769. The van der Waals surface area contributed by atoms with Gasteiger partial charge in [0.25, 0.3) is 0 Å². The van der Waals surface area contributed by atoms with Gasteiger partial charge >= 0.3 is 0 Å². The Labute approximate surface area is 89.3 Å². The third-order valence-electron chi connectivity index (χ3n) is 2.24. The second kappa shape index (κ2) is 10.5. The van der Waals surface area contributed by atoms with E-state index in [0.717, 1.165) is 0 Å². The van der Waals surface area contributed by atoms with E-state index in [1.54, 1.807) is 0 Å². The molecule has 0 aromatic rings. The number of hydrogen-bond donors (Lipinski definition) is 0. The van der Waals surface area contributed by atoms with E-state index in [-0.39, 0.29) is 0 Å². The molecule has 0 aromatic carbocycles. The van der Waals surface area contributed by atoms with E-state index in [1.165, 1.54) is 38.5 Å². The Bertz CT molecular complexity index is 159. The molecule has 0 aliphatic carbocycles. The third kappa shape index (κ3) is 9.50. The molecule has 1 heteroatoms. The molecule has 1 nitrogen and oxygen atoms in total. The van der Waals surface area contributed by atoms with Crippen LogP contribution < -0.4 is 0 Å². The van der Waals surface area contributed by atoms with Gasteiger partial charge in [0.15, 0.2) is 0 Å². The van der Waals surface area contributed by atoms with Crippen LogP contribution in [0.25, 0.3) is 0 Å². The largest absolute Gasteiger partial charge is 0.290 e. The van der Waals surface area contributed by atoms with E-state index in [9.17, 15) is 0 Å². The van der Waals surface area contributed by atoms with Crippen LogP contribution in [0.15, 0.2) is 17.1 Å². The second-order valence-electron chi connectivity index (χ2n) is 3.86. The maximum Gasteiger partial charge on any atom is 0.0471 e. The number of rotatable bonds is 8. The van der Waals surface area contributed by atoms with Gasteiger partial charge in [0.1, 0.15) is 0 Å². The molecule has 0 aliphatic rings. The molecule has 1 unspecified atom stereocenters. The summed E-state index contributed by atoms with van der Waals surface area (Å²) in [5.74, 6) is 0. The smallest absolute Gasteiger partial charge is 0.0471 e. The molecule has 0 saturated carbocycles.